The Morgan fingerprint density at radius 1 is 1.27 bits per heavy atom. The molecule has 6 rings (SSSR count). The number of carbonyl (C=O) groups excluding carboxylic acids is 1. The lowest BCUT2D eigenvalue weighted by Gasteiger charge is -2.28. The lowest BCUT2D eigenvalue weighted by molar-refractivity contribution is -0.122. The van der Waals surface area contributed by atoms with E-state index in [-0.39, 0.29) is 11.8 Å². The summed E-state index contributed by atoms with van der Waals surface area (Å²) in [6.07, 6.45) is 5.39. The van der Waals surface area contributed by atoms with Gasteiger partial charge in [-0.05, 0) is 49.3 Å². The van der Waals surface area contributed by atoms with Crippen molar-refractivity contribution in [3.63, 3.8) is 0 Å². The number of hydrogen-bond donors (Lipinski definition) is 1. The maximum absolute atomic E-state index is 12.0. The molecule has 1 aliphatic carbocycles. The van der Waals surface area contributed by atoms with Gasteiger partial charge >= 0.3 is 0 Å². The number of rotatable bonds is 5. The molecule has 4 heterocycles. The van der Waals surface area contributed by atoms with Crippen LogP contribution in [0.1, 0.15) is 30.7 Å². The van der Waals surface area contributed by atoms with Gasteiger partial charge in [0.05, 0.1) is 25.2 Å². The largest absolute Gasteiger partial charge is 0.491 e. The summed E-state index contributed by atoms with van der Waals surface area (Å²) in [6.45, 7) is 3.88. The summed E-state index contributed by atoms with van der Waals surface area (Å²) < 4.78 is 10.3. The number of primary amides is 1. The molecule has 2 N–H and O–H groups in total. The number of hydrogen-bond acceptors (Lipinski definition) is 6. The van der Waals surface area contributed by atoms with E-state index >= 15 is 0 Å². The van der Waals surface area contributed by atoms with Crippen LogP contribution < -0.4 is 15.4 Å². The van der Waals surface area contributed by atoms with E-state index in [1.54, 1.807) is 6.33 Å². The molecule has 0 bridgehead atoms. The Labute approximate surface area is 173 Å². The smallest absolute Gasteiger partial charge is 0.221 e. The quantitative estimate of drug-likeness (QED) is 0.687. The Morgan fingerprint density at radius 2 is 2.17 bits per heavy atom. The lowest BCUT2D eigenvalue weighted by Crippen LogP contribution is -2.36. The number of aryl methyl sites for hydroxylation is 1. The van der Waals surface area contributed by atoms with Crippen molar-refractivity contribution in [2.45, 2.75) is 45.3 Å². The SMILES string of the molecule is NC(=O)[C@@H](Cc1cc2c3c(c1)nc(N1CCn4ncnc4C1)n3CCCO2)C1CC1. The first-order valence-corrected chi connectivity index (χ1v) is 10.7. The highest BCUT2D eigenvalue weighted by atomic mass is 16.5. The van der Waals surface area contributed by atoms with Crippen molar-refractivity contribution in [3.05, 3.63) is 29.8 Å². The number of imidazole rings is 1. The molecule has 1 fully saturated rings. The van der Waals surface area contributed by atoms with Gasteiger partial charge in [0.15, 0.2) is 0 Å². The van der Waals surface area contributed by atoms with Gasteiger partial charge in [-0.1, -0.05) is 0 Å². The zero-order valence-corrected chi connectivity index (χ0v) is 16.8. The molecule has 0 saturated heterocycles. The number of nitrogens with zero attached hydrogens (tertiary/aromatic N) is 6. The van der Waals surface area contributed by atoms with Crippen LogP contribution in [-0.2, 0) is 30.8 Å². The zero-order chi connectivity index (χ0) is 20.2. The summed E-state index contributed by atoms with van der Waals surface area (Å²) in [5.41, 5.74) is 8.73. The van der Waals surface area contributed by atoms with Crippen molar-refractivity contribution >= 4 is 22.9 Å². The second-order valence-electron chi connectivity index (χ2n) is 8.60. The van der Waals surface area contributed by atoms with Gasteiger partial charge in [0.2, 0.25) is 11.9 Å². The van der Waals surface area contributed by atoms with Crippen molar-refractivity contribution in [2.24, 2.45) is 17.6 Å². The Kier molecular flexibility index (Phi) is 3.97. The summed E-state index contributed by atoms with van der Waals surface area (Å²) in [6, 6.07) is 4.19. The maximum Gasteiger partial charge on any atom is 0.221 e. The lowest BCUT2D eigenvalue weighted by atomic mass is 9.94. The topological polar surface area (TPSA) is 104 Å². The van der Waals surface area contributed by atoms with E-state index in [1.165, 1.54) is 0 Å². The van der Waals surface area contributed by atoms with Crippen LogP contribution in [0.5, 0.6) is 5.75 Å². The molecule has 1 saturated carbocycles. The van der Waals surface area contributed by atoms with Crippen LogP contribution >= 0.6 is 0 Å². The first kappa shape index (κ1) is 17.7. The second-order valence-corrected chi connectivity index (χ2v) is 8.60. The van der Waals surface area contributed by atoms with Gasteiger partial charge in [-0.15, -0.1) is 0 Å². The molecule has 0 unspecified atom stereocenters. The molecule has 3 aliphatic rings. The third-order valence-corrected chi connectivity index (χ3v) is 6.53. The molecular formula is C21H25N7O2. The van der Waals surface area contributed by atoms with Crippen LogP contribution in [0.15, 0.2) is 18.5 Å². The normalized spacial score (nSPS) is 19.3. The molecule has 30 heavy (non-hydrogen) atoms. The Hall–Kier alpha value is -3.10. The first-order chi connectivity index (χ1) is 14.7. The van der Waals surface area contributed by atoms with E-state index in [4.69, 9.17) is 15.5 Å². The van der Waals surface area contributed by atoms with Crippen molar-refractivity contribution in [1.82, 2.24) is 24.3 Å². The number of amides is 1. The van der Waals surface area contributed by atoms with E-state index in [2.05, 4.69) is 31.7 Å². The van der Waals surface area contributed by atoms with E-state index in [9.17, 15) is 4.79 Å². The van der Waals surface area contributed by atoms with Crippen molar-refractivity contribution in [1.29, 1.82) is 0 Å². The first-order valence-electron chi connectivity index (χ1n) is 10.7. The average molecular weight is 407 g/mol. The fraction of sp³-hybridized carbons (Fsp3) is 0.524. The fourth-order valence-corrected chi connectivity index (χ4v) is 4.84. The van der Waals surface area contributed by atoms with E-state index in [0.29, 0.717) is 25.5 Å². The van der Waals surface area contributed by atoms with Gasteiger partial charge in [0, 0.05) is 19.0 Å². The molecule has 1 aromatic carbocycles. The van der Waals surface area contributed by atoms with Crippen molar-refractivity contribution in [3.8, 4) is 5.75 Å². The molecule has 9 heteroatoms. The summed E-state index contributed by atoms with van der Waals surface area (Å²) in [5.74, 6) is 2.90. The number of anilines is 1. The maximum atomic E-state index is 12.0. The van der Waals surface area contributed by atoms with E-state index < -0.39 is 0 Å². The number of ether oxygens (including phenoxy) is 1. The highest BCUT2D eigenvalue weighted by Gasteiger charge is 2.35. The van der Waals surface area contributed by atoms with Crippen LogP contribution in [0.3, 0.4) is 0 Å². The average Bonchev–Trinajstić information content (AvgIpc) is 3.40. The second kappa shape index (κ2) is 6.72. The summed E-state index contributed by atoms with van der Waals surface area (Å²) in [7, 11) is 0. The monoisotopic (exact) mass is 407 g/mol. The van der Waals surface area contributed by atoms with Crippen LogP contribution in [0.25, 0.3) is 11.0 Å². The minimum atomic E-state index is -0.201. The van der Waals surface area contributed by atoms with Crippen LogP contribution in [-0.4, -0.2) is 43.4 Å². The van der Waals surface area contributed by atoms with Gasteiger partial charge in [0.25, 0.3) is 0 Å². The standard InChI is InChI=1S/C21H25N7O2/c22-20(29)15(14-2-3-14)8-13-9-16-19-17(10-13)30-7-1-4-27(19)21(25-16)26-5-6-28-18(11-26)23-12-24-28/h9-10,12,14-15H,1-8,11H2,(H2,22,29)/t15-/m0/s1. The van der Waals surface area contributed by atoms with E-state index in [0.717, 1.165) is 73.0 Å². The van der Waals surface area contributed by atoms with Crippen LogP contribution in [0.2, 0.25) is 0 Å². The molecule has 3 aromatic rings. The van der Waals surface area contributed by atoms with Crippen molar-refractivity contribution < 1.29 is 9.53 Å². The number of carbonyl (C=O) groups is 1. The van der Waals surface area contributed by atoms with Gasteiger partial charge in [0.1, 0.15) is 23.4 Å². The molecule has 0 radical (unpaired) electrons. The van der Waals surface area contributed by atoms with Crippen molar-refractivity contribution in [2.75, 3.05) is 18.1 Å². The third-order valence-electron chi connectivity index (χ3n) is 6.53. The molecule has 1 atom stereocenters. The molecule has 2 aliphatic heterocycles. The summed E-state index contributed by atoms with van der Waals surface area (Å²) in [5, 5.41) is 4.28. The Morgan fingerprint density at radius 3 is 3.00 bits per heavy atom. The van der Waals surface area contributed by atoms with Crippen LogP contribution in [0, 0.1) is 11.8 Å². The van der Waals surface area contributed by atoms with Gasteiger partial charge in [-0.25, -0.2) is 14.6 Å². The number of aromatic nitrogens is 5. The molecular weight excluding hydrogens is 382 g/mol. The molecule has 156 valence electrons. The molecule has 0 spiro atoms. The predicted molar refractivity (Wildman–Crippen MR) is 110 cm³/mol. The minimum Gasteiger partial charge on any atom is -0.491 e. The number of nitrogens with two attached hydrogens (primary N) is 1. The highest BCUT2D eigenvalue weighted by Crippen LogP contribution is 2.40. The number of benzene rings is 1. The van der Waals surface area contributed by atoms with Gasteiger partial charge < -0.3 is 19.9 Å². The number of fused-ring (bicyclic) bond motifs is 1. The summed E-state index contributed by atoms with van der Waals surface area (Å²) >= 11 is 0. The van der Waals surface area contributed by atoms with Gasteiger partial charge in [-0.3, -0.25) is 4.79 Å². The third kappa shape index (κ3) is 2.91. The summed E-state index contributed by atoms with van der Waals surface area (Å²) in [4.78, 5) is 23.6. The zero-order valence-electron chi connectivity index (χ0n) is 16.8. The van der Waals surface area contributed by atoms with Crippen LogP contribution in [0.4, 0.5) is 5.95 Å². The van der Waals surface area contributed by atoms with E-state index in [1.807, 2.05) is 4.68 Å². The Balaban J connectivity index is 1.40. The highest BCUT2D eigenvalue weighted by molar-refractivity contribution is 5.86. The fourth-order valence-electron chi connectivity index (χ4n) is 4.84. The van der Waals surface area contributed by atoms with Gasteiger partial charge in [-0.2, -0.15) is 5.10 Å². The minimum absolute atomic E-state index is 0.101. The molecule has 1 amide bonds. The molecule has 9 nitrogen and oxygen atoms in total. The predicted octanol–water partition coefficient (Wildman–Crippen LogP) is 1.48. The molecule has 2 aromatic heterocycles. The Bertz CT molecular complexity index is 1130.